The van der Waals surface area contributed by atoms with E-state index >= 15 is 0 Å². The minimum Gasteiger partial charge on any atom is -0.350 e. The Kier molecular flexibility index (Phi) is 3.96. The number of pyridine rings is 1. The highest BCUT2D eigenvalue weighted by molar-refractivity contribution is 7.91. The quantitative estimate of drug-likeness (QED) is 0.867. The Hall–Kier alpha value is -1.43. The predicted octanol–water partition coefficient (Wildman–Crippen LogP) is 0.523. The van der Waals surface area contributed by atoms with E-state index in [0.29, 0.717) is 19.4 Å². The number of amides is 1. The Bertz CT molecular complexity index is 513. The molecule has 0 spiro atoms. The Labute approximate surface area is 107 Å². The molecule has 98 valence electrons. The number of carbonyl (C=O) groups excluding carboxylic acids is 1. The molecule has 0 saturated carbocycles. The van der Waals surface area contributed by atoms with Crippen molar-refractivity contribution in [2.75, 3.05) is 11.5 Å². The standard InChI is InChI=1S/C12H16N2O3S/c15-12(10-4-3-7-18(16,17)9-10)14-8-11-5-1-2-6-13-11/h1-2,5-6,10H,3-4,7-9H2,(H,14,15). The van der Waals surface area contributed by atoms with E-state index < -0.39 is 15.8 Å². The Morgan fingerprint density at radius 3 is 2.94 bits per heavy atom. The summed E-state index contributed by atoms with van der Waals surface area (Å²) in [6.45, 7) is 0.343. The second kappa shape index (κ2) is 5.48. The first-order valence-corrected chi connectivity index (χ1v) is 7.77. The molecule has 0 bridgehead atoms. The fourth-order valence-electron chi connectivity index (χ4n) is 2.05. The maximum absolute atomic E-state index is 11.9. The summed E-state index contributed by atoms with van der Waals surface area (Å²) in [5.74, 6) is -0.422. The molecule has 1 fully saturated rings. The van der Waals surface area contributed by atoms with Crippen LogP contribution in [0.1, 0.15) is 18.5 Å². The molecule has 1 aliphatic heterocycles. The van der Waals surface area contributed by atoms with Crippen LogP contribution < -0.4 is 5.32 Å². The van der Waals surface area contributed by atoms with E-state index in [-0.39, 0.29) is 17.4 Å². The summed E-state index contributed by atoms with van der Waals surface area (Å²) in [4.78, 5) is 15.9. The maximum Gasteiger partial charge on any atom is 0.224 e. The van der Waals surface area contributed by atoms with Crippen molar-refractivity contribution < 1.29 is 13.2 Å². The van der Waals surface area contributed by atoms with Crippen LogP contribution in [-0.2, 0) is 21.2 Å². The van der Waals surface area contributed by atoms with Crippen molar-refractivity contribution in [3.63, 3.8) is 0 Å². The third kappa shape index (κ3) is 3.53. The molecular weight excluding hydrogens is 252 g/mol. The van der Waals surface area contributed by atoms with E-state index in [4.69, 9.17) is 0 Å². The SMILES string of the molecule is O=C(NCc1ccccn1)C1CCCS(=O)(=O)C1. The first kappa shape index (κ1) is 13.0. The van der Waals surface area contributed by atoms with Crippen LogP contribution in [0.15, 0.2) is 24.4 Å². The van der Waals surface area contributed by atoms with Crippen molar-refractivity contribution in [2.24, 2.45) is 5.92 Å². The van der Waals surface area contributed by atoms with E-state index in [9.17, 15) is 13.2 Å². The summed E-state index contributed by atoms with van der Waals surface area (Å²) in [6, 6.07) is 5.47. The van der Waals surface area contributed by atoms with Crippen molar-refractivity contribution in [3.8, 4) is 0 Å². The van der Waals surface area contributed by atoms with Crippen LogP contribution in [0.3, 0.4) is 0 Å². The number of nitrogens with zero attached hydrogens (tertiary/aromatic N) is 1. The lowest BCUT2D eigenvalue weighted by molar-refractivity contribution is -0.124. The van der Waals surface area contributed by atoms with Crippen molar-refractivity contribution in [1.29, 1.82) is 0 Å². The second-order valence-electron chi connectivity index (χ2n) is 4.49. The molecule has 1 N–H and O–H groups in total. The molecule has 2 heterocycles. The number of rotatable bonds is 3. The van der Waals surface area contributed by atoms with Gasteiger partial charge in [-0.3, -0.25) is 9.78 Å². The van der Waals surface area contributed by atoms with Gasteiger partial charge in [-0.2, -0.15) is 0 Å². The smallest absolute Gasteiger partial charge is 0.224 e. The minimum atomic E-state index is -3.04. The van der Waals surface area contributed by atoms with Gasteiger partial charge in [-0.15, -0.1) is 0 Å². The molecular formula is C12H16N2O3S. The van der Waals surface area contributed by atoms with Crippen LogP contribution in [0.25, 0.3) is 0 Å². The maximum atomic E-state index is 11.9. The number of hydrogen-bond acceptors (Lipinski definition) is 4. The summed E-state index contributed by atoms with van der Waals surface area (Å²) in [5, 5.41) is 2.74. The molecule has 0 aromatic carbocycles. The van der Waals surface area contributed by atoms with Gasteiger partial charge in [0, 0.05) is 6.20 Å². The van der Waals surface area contributed by atoms with Gasteiger partial charge in [0.2, 0.25) is 5.91 Å². The van der Waals surface area contributed by atoms with Gasteiger partial charge in [0.1, 0.15) is 0 Å². The van der Waals surface area contributed by atoms with E-state index in [2.05, 4.69) is 10.3 Å². The number of nitrogens with one attached hydrogen (secondary N) is 1. The average molecular weight is 268 g/mol. The molecule has 1 atom stereocenters. The highest BCUT2D eigenvalue weighted by atomic mass is 32.2. The number of carbonyl (C=O) groups is 1. The van der Waals surface area contributed by atoms with Gasteiger partial charge in [0.15, 0.2) is 9.84 Å². The van der Waals surface area contributed by atoms with Crippen LogP contribution in [0.5, 0.6) is 0 Å². The topological polar surface area (TPSA) is 76.1 Å². The fourth-order valence-corrected chi connectivity index (χ4v) is 3.76. The largest absolute Gasteiger partial charge is 0.350 e. The van der Waals surface area contributed by atoms with E-state index in [0.717, 1.165) is 5.69 Å². The van der Waals surface area contributed by atoms with Gasteiger partial charge < -0.3 is 5.32 Å². The van der Waals surface area contributed by atoms with Gasteiger partial charge in [-0.1, -0.05) is 6.07 Å². The molecule has 1 aromatic rings. The highest BCUT2D eigenvalue weighted by Crippen LogP contribution is 2.18. The number of aromatic nitrogens is 1. The third-order valence-electron chi connectivity index (χ3n) is 3.00. The molecule has 0 radical (unpaired) electrons. The Balaban J connectivity index is 1.89. The fraction of sp³-hybridized carbons (Fsp3) is 0.500. The third-order valence-corrected chi connectivity index (χ3v) is 4.82. The number of hydrogen-bond donors (Lipinski definition) is 1. The molecule has 2 rings (SSSR count). The summed E-state index contributed by atoms with van der Waals surface area (Å²) in [6.07, 6.45) is 2.88. The molecule has 5 nitrogen and oxygen atoms in total. The molecule has 1 unspecified atom stereocenters. The first-order valence-electron chi connectivity index (χ1n) is 5.95. The lowest BCUT2D eigenvalue weighted by Gasteiger charge is -2.20. The molecule has 1 amide bonds. The first-order chi connectivity index (χ1) is 8.57. The Morgan fingerprint density at radius 1 is 1.44 bits per heavy atom. The van der Waals surface area contributed by atoms with Gasteiger partial charge in [-0.25, -0.2) is 8.42 Å². The molecule has 1 aliphatic rings. The van der Waals surface area contributed by atoms with E-state index in [1.165, 1.54) is 0 Å². The lowest BCUT2D eigenvalue weighted by Crippen LogP contribution is -2.37. The summed E-state index contributed by atoms with van der Waals surface area (Å²) >= 11 is 0. The van der Waals surface area contributed by atoms with Crippen LogP contribution in [0.4, 0.5) is 0 Å². The summed E-state index contributed by atoms with van der Waals surface area (Å²) in [7, 11) is -3.04. The van der Waals surface area contributed by atoms with Crippen LogP contribution in [0, 0.1) is 5.92 Å². The lowest BCUT2D eigenvalue weighted by atomic mass is 10.0. The van der Waals surface area contributed by atoms with Crippen molar-refractivity contribution in [2.45, 2.75) is 19.4 Å². The summed E-state index contributed by atoms with van der Waals surface area (Å²) in [5.41, 5.74) is 0.768. The molecule has 1 saturated heterocycles. The zero-order chi connectivity index (χ0) is 13.0. The van der Waals surface area contributed by atoms with E-state index in [1.54, 1.807) is 12.3 Å². The van der Waals surface area contributed by atoms with E-state index in [1.807, 2.05) is 12.1 Å². The minimum absolute atomic E-state index is 0.0267. The van der Waals surface area contributed by atoms with Crippen molar-refractivity contribution >= 4 is 15.7 Å². The van der Waals surface area contributed by atoms with Crippen molar-refractivity contribution in [1.82, 2.24) is 10.3 Å². The molecule has 1 aromatic heterocycles. The zero-order valence-corrected chi connectivity index (χ0v) is 10.8. The monoisotopic (exact) mass is 268 g/mol. The van der Waals surface area contributed by atoms with Gasteiger partial charge in [0.05, 0.1) is 29.7 Å². The second-order valence-corrected chi connectivity index (χ2v) is 6.72. The van der Waals surface area contributed by atoms with Crippen molar-refractivity contribution in [3.05, 3.63) is 30.1 Å². The Morgan fingerprint density at radius 2 is 2.28 bits per heavy atom. The zero-order valence-electron chi connectivity index (χ0n) is 10.0. The van der Waals surface area contributed by atoms with Gasteiger partial charge in [0.25, 0.3) is 0 Å². The molecule has 18 heavy (non-hydrogen) atoms. The molecule has 0 aliphatic carbocycles. The average Bonchev–Trinajstić information content (AvgIpc) is 2.36. The van der Waals surface area contributed by atoms with Crippen LogP contribution in [-0.4, -0.2) is 30.8 Å². The van der Waals surface area contributed by atoms with Crippen LogP contribution >= 0.6 is 0 Å². The van der Waals surface area contributed by atoms with Gasteiger partial charge in [-0.05, 0) is 25.0 Å². The van der Waals surface area contributed by atoms with Crippen LogP contribution in [0.2, 0.25) is 0 Å². The summed E-state index contributed by atoms with van der Waals surface area (Å²) < 4.78 is 22.9. The highest BCUT2D eigenvalue weighted by Gasteiger charge is 2.29. The van der Waals surface area contributed by atoms with Gasteiger partial charge >= 0.3 is 0 Å². The predicted molar refractivity (Wildman–Crippen MR) is 67.5 cm³/mol. The normalized spacial score (nSPS) is 22.3. The number of sulfone groups is 1. The molecule has 6 heteroatoms.